The van der Waals surface area contributed by atoms with E-state index in [0.717, 1.165) is 128 Å². The molecule has 0 aromatic heterocycles. The fourth-order valence-corrected chi connectivity index (χ4v) is 8.02. The number of phosphoric acid groups is 1. The average Bonchev–Trinajstić information content (AvgIpc) is 3.37. The minimum absolute atomic E-state index is 0.147. The number of allylic oxidation sites excluding steroid dienone is 16. The maximum absolute atomic E-state index is 12.9. The first kappa shape index (κ1) is 68.4. The van der Waals surface area contributed by atoms with Gasteiger partial charge in [-0.15, -0.1) is 0 Å². The first-order valence-electron chi connectivity index (χ1n) is 28.1. The lowest BCUT2D eigenvalue weighted by Gasteiger charge is -2.21. The molecule has 0 aliphatic rings. The maximum atomic E-state index is 12.9. The zero-order valence-corrected chi connectivity index (χ0v) is 46.3. The van der Waals surface area contributed by atoms with E-state index in [9.17, 15) is 28.9 Å². The van der Waals surface area contributed by atoms with Gasteiger partial charge in [0.2, 0.25) is 0 Å². The Hall–Kier alpha value is -3.60. The van der Waals surface area contributed by atoms with Gasteiger partial charge >= 0.3 is 25.7 Å². The molecule has 0 radical (unpaired) electrons. The molecule has 11 nitrogen and oxygen atoms in total. The third-order valence-electron chi connectivity index (χ3n) is 11.5. The molecular weight excluding hydrogens is 928 g/mol. The standard InChI is InChI=1S/C60H101O11P/c1-4-7-10-13-16-19-22-25-27-28-30-33-36-39-42-45-48-51-60(64)71-57(53-67-58(62)49-46-43-40-37-34-31-24-21-18-15-12-9-6-3)55-69-72(65,66)68-54-56(52-61)70-59(63)50-47-44-41-38-35-32-29-26-23-20-17-14-11-8-5-2/h8-9,11-12,16-21,25-27,29,31,34,56-57,61H,4-7,10,13-15,22-24,28,30,32-33,35-55H2,1-3H3,(H,65,66)/b11-8-,12-9-,19-16-,20-17-,21-18-,27-25-,29-26-,34-31-. The minimum Gasteiger partial charge on any atom is -0.462 e. The number of aliphatic hydroxyl groups excluding tert-OH is 1. The van der Waals surface area contributed by atoms with E-state index in [-0.39, 0.29) is 25.9 Å². The topological polar surface area (TPSA) is 155 Å². The second-order valence-electron chi connectivity index (χ2n) is 18.3. The van der Waals surface area contributed by atoms with Gasteiger partial charge in [-0.3, -0.25) is 23.4 Å². The van der Waals surface area contributed by atoms with Gasteiger partial charge in [-0.2, -0.15) is 0 Å². The molecule has 0 bridgehead atoms. The van der Waals surface area contributed by atoms with E-state index in [2.05, 4.69) is 118 Å². The van der Waals surface area contributed by atoms with Crippen molar-refractivity contribution >= 4 is 25.7 Å². The van der Waals surface area contributed by atoms with E-state index >= 15 is 0 Å². The Morgan fingerprint density at radius 2 is 0.722 bits per heavy atom. The van der Waals surface area contributed by atoms with Crippen LogP contribution in [0.15, 0.2) is 97.2 Å². The van der Waals surface area contributed by atoms with Crippen molar-refractivity contribution in [2.75, 3.05) is 26.4 Å². The number of hydrogen-bond donors (Lipinski definition) is 2. The van der Waals surface area contributed by atoms with Crippen molar-refractivity contribution in [3.8, 4) is 0 Å². The number of ether oxygens (including phenoxy) is 3. The highest BCUT2D eigenvalue weighted by atomic mass is 31.2. The SMILES string of the molecule is CC/C=C\C/C=C\C/C=C\CCCCCCCC(=O)OC(CO)COP(=O)(O)OCC(COC(=O)CCCCC/C=C\C/C=C\C/C=C\CC)OC(=O)CCCCCCCCC/C=C\C/C=C\CCCCC. The van der Waals surface area contributed by atoms with Crippen molar-refractivity contribution in [2.24, 2.45) is 0 Å². The molecule has 0 spiro atoms. The van der Waals surface area contributed by atoms with Crippen LogP contribution in [0.5, 0.6) is 0 Å². The summed E-state index contributed by atoms with van der Waals surface area (Å²) in [6, 6.07) is 0. The molecule has 12 heteroatoms. The van der Waals surface area contributed by atoms with E-state index in [1.54, 1.807) is 0 Å². The van der Waals surface area contributed by atoms with Crippen LogP contribution in [-0.2, 0) is 42.2 Å². The second kappa shape index (κ2) is 53.7. The predicted octanol–water partition coefficient (Wildman–Crippen LogP) is 16.5. The summed E-state index contributed by atoms with van der Waals surface area (Å²) in [6.07, 6.45) is 62.2. The minimum atomic E-state index is -4.76. The van der Waals surface area contributed by atoms with E-state index in [0.29, 0.717) is 19.3 Å². The molecule has 0 aromatic rings. The smallest absolute Gasteiger partial charge is 0.462 e. The average molecular weight is 1030 g/mol. The fraction of sp³-hybridized carbons (Fsp3) is 0.683. The first-order valence-corrected chi connectivity index (χ1v) is 29.6. The summed E-state index contributed by atoms with van der Waals surface area (Å²) in [4.78, 5) is 48.5. The van der Waals surface area contributed by atoms with Gasteiger partial charge in [0.05, 0.1) is 19.8 Å². The number of unbranched alkanes of at least 4 members (excludes halogenated alkanes) is 18. The molecule has 0 saturated heterocycles. The Morgan fingerprint density at radius 1 is 0.403 bits per heavy atom. The predicted molar refractivity (Wildman–Crippen MR) is 297 cm³/mol. The van der Waals surface area contributed by atoms with Gasteiger partial charge in [-0.1, -0.05) is 189 Å². The van der Waals surface area contributed by atoms with Crippen molar-refractivity contribution in [3.63, 3.8) is 0 Å². The van der Waals surface area contributed by atoms with Gasteiger partial charge in [-0.05, 0) is 116 Å². The zero-order valence-electron chi connectivity index (χ0n) is 45.4. The summed E-state index contributed by atoms with van der Waals surface area (Å²) < 4.78 is 39.4. The van der Waals surface area contributed by atoms with E-state index in [1.807, 2.05) is 0 Å². The van der Waals surface area contributed by atoms with Gasteiger partial charge in [0, 0.05) is 19.3 Å². The number of esters is 3. The third-order valence-corrected chi connectivity index (χ3v) is 12.4. The summed E-state index contributed by atoms with van der Waals surface area (Å²) in [5, 5.41) is 9.80. The summed E-state index contributed by atoms with van der Waals surface area (Å²) in [7, 11) is -4.76. The van der Waals surface area contributed by atoms with Crippen LogP contribution in [0, 0.1) is 0 Å². The van der Waals surface area contributed by atoms with Crippen molar-refractivity contribution in [3.05, 3.63) is 97.2 Å². The molecule has 0 fully saturated rings. The van der Waals surface area contributed by atoms with E-state index < -0.39 is 57.8 Å². The summed E-state index contributed by atoms with van der Waals surface area (Å²) in [6.45, 7) is 4.32. The van der Waals surface area contributed by atoms with Crippen LogP contribution in [0.4, 0.5) is 0 Å². The third kappa shape index (κ3) is 51.3. The molecule has 0 saturated carbocycles. The normalized spacial score (nSPS) is 14.1. The van der Waals surface area contributed by atoms with Crippen LogP contribution in [0.25, 0.3) is 0 Å². The lowest BCUT2D eigenvalue weighted by molar-refractivity contribution is -0.161. The number of rotatable bonds is 51. The molecule has 72 heavy (non-hydrogen) atoms. The van der Waals surface area contributed by atoms with Crippen molar-refractivity contribution in [2.45, 2.75) is 238 Å². The Bertz CT molecular complexity index is 1580. The Morgan fingerprint density at radius 3 is 1.12 bits per heavy atom. The molecule has 0 aliphatic heterocycles. The van der Waals surface area contributed by atoms with Crippen molar-refractivity contribution < 1.29 is 52.2 Å². The first-order chi connectivity index (χ1) is 35.2. The highest BCUT2D eigenvalue weighted by Crippen LogP contribution is 2.43. The molecule has 0 aromatic carbocycles. The second-order valence-corrected chi connectivity index (χ2v) is 19.8. The Kier molecular flexibility index (Phi) is 51.0. The number of hydrogen-bond acceptors (Lipinski definition) is 10. The highest BCUT2D eigenvalue weighted by Gasteiger charge is 2.28. The summed E-state index contributed by atoms with van der Waals surface area (Å²) in [5.74, 6) is -1.53. The monoisotopic (exact) mass is 1030 g/mol. The van der Waals surface area contributed by atoms with Crippen LogP contribution in [0.1, 0.15) is 226 Å². The quantitative estimate of drug-likeness (QED) is 0.0197. The Labute approximate surface area is 438 Å². The van der Waals surface area contributed by atoms with Gasteiger partial charge < -0.3 is 24.2 Å². The van der Waals surface area contributed by atoms with Crippen LogP contribution < -0.4 is 0 Å². The lowest BCUT2D eigenvalue weighted by atomic mass is 10.1. The summed E-state index contributed by atoms with van der Waals surface area (Å²) in [5.41, 5.74) is 0. The molecule has 3 unspecified atom stereocenters. The largest absolute Gasteiger partial charge is 0.472 e. The van der Waals surface area contributed by atoms with Gasteiger partial charge in [-0.25, -0.2) is 4.57 Å². The number of carbonyl (C=O) groups is 3. The highest BCUT2D eigenvalue weighted by molar-refractivity contribution is 7.47. The number of phosphoric ester groups is 1. The zero-order chi connectivity index (χ0) is 52.7. The molecule has 0 rings (SSSR count). The van der Waals surface area contributed by atoms with E-state index in [4.69, 9.17) is 23.3 Å². The lowest BCUT2D eigenvalue weighted by Crippen LogP contribution is -2.30. The van der Waals surface area contributed by atoms with Crippen LogP contribution in [0.2, 0.25) is 0 Å². The van der Waals surface area contributed by atoms with Crippen LogP contribution >= 0.6 is 7.82 Å². The maximum Gasteiger partial charge on any atom is 0.472 e. The van der Waals surface area contributed by atoms with E-state index in [1.165, 1.54) is 38.5 Å². The molecular formula is C60H101O11P. The van der Waals surface area contributed by atoms with Crippen molar-refractivity contribution in [1.82, 2.24) is 0 Å². The van der Waals surface area contributed by atoms with Crippen LogP contribution in [-0.4, -0.2) is 66.5 Å². The molecule has 412 valence electrons. The number of carbonyl (C=O) groups excluding carboxylic acids is 3. The Balaban J connectivity index is 4.78. The molecule has 0 heterocycles. The van der Waals surface area contributed by atoms with Gasteiger partial charge in [0.15, 0.2) is 6.10 Å². The fourth-order valence-electron chi connectivity index (χ4n) is 7.24. The number of aliphatic hydroxyl groups is 1. The molecule has 3 atom stereocenters. The van der Waals surface area contributed by atoms with Gasteiger partial charge in [0.1, 0.15) is 12.7 Å². The summed E-state index contributed by atoms with van der Waals surface area (Å²) >= 11 is 0. The molecule has 0 amide bonds. The molecule has 2 N–H and O–H groups in total. The van der Waals surface area contributed by atoms with Crippen LogP contribution in [0.3, 0.4) is 0 Å². The molecule has 0 aliphatic carbocycles. The van der Waals surface area contributed by atoms with Gasteiger partial charge in [0.25, 0.3) is 0 Å². The van der Waals surface area contributed by atoms with Crippen molar-refractivity contribution in [1.29, 1.82) is 0 Å².